The van der Waals surface area contributed by atoms with E-state index in [-0.39, 0.29) is 17.8 Å². The van der Waals surface area contributed by atoms with E-state index in [9.17, 15) is 14.9 Å². The van der Waals surface area contributed by atoms with Crippen molar-refractivity contribution in [2.24, 2.45) is 5.73 Å². The fraction of sp³-hybridized carbons (Fsp3) is 0.250. The highest BCUT2D eigenvalue weighted by Gasteiger charge is 2.17. The van der Waals surface area contributed by atoms with Crippen molar-refractivity contribution in [3.63, 3.8) is 0 Å². The van der Waals surface area contributed by atoms with Gasteiger partial charge in [0, 0.05) is 18.6 Å². The molecule has 19 heavy (non-hydrogen) atoms. The van der Waals surface area contributed by atoms with Crippen molar-refractivity contribution in [2.45, 2.75) is 12.5 Å². The number of nitrogens with one attached hydrogen (secondary N) is 1. The molecule has 7 heteroatoms. The first-order chi connectivity index (χ1) is 8.99. The molecule has 0 aliphatic carbocycles. The normalized spacial score (nSPS) is 11.2. The lowest BCUT2D eigenvalue weighted by molar-refractivity contribution is -0.384. The molecule has 3 N–H and O–H groups in total. The minimum absolute atomic E-state index is 0.0725. The largest absolute Gasteiger partial charge is 0.495 e. The van der Waals surface area contributed by atoms with Crippen molar-refractivity contribution in [1.29, 1.82) is 0 Å². The number of carbonyl (C=O) groups excluding carboxylic acids is 1. The quantitative estimate of drug-likeness (QED) is 0.466. The number of nitrogens with zero attached hydrogens (tertiary/aromatic N) is 1. The Morgan fingerprint density at radius 1 is 1.68 bits per heavy atom. The molecule has 0 bridgehead atoms. The third-order valence-electron chi connectivity index (χ3n) is 2.33. The van der Waals surface area contributed by atoms with Crippen LogP contribution in [0.4, 0.5) is 11.4 Å². The van der Waals surface area contributed by atoms with Crippen molar-refractivity contribution >= 4 is 17.3 Å². The van der Waals surface area contributed by atoms with E-state index in [0.29, 0.717) is 5.75 Å². The molecule has 7 nitrogen and oxygen atoms in total. The summed E-state index contributed by atoms with van der Waals surface area (Å²) in [6, 6.07) is 2.98. The number of carbonyl (C=O) groups is 1. The average molecular weight is 263 g/mol. The van der Waals surface area contributed by atoms with E-state index in [1.165, 1.54) is 25.3 Å². The summed E-state index contributed by atoms with van der Waals surface area (Å²) in [6.45, 7) is 0. The van der Waals surface area contributed by atoms with Gasteiger partial charge in [0.2, 0.25) is 5.91 Å². The van der Waals surface area contributed by atoms with Crippen LogP contribution < -0.4 is 15.8 Å². The molecule has 0 spiro atoms. The Morgan fingerprint density at radius 3 is 2.89 bits per heavy atom. The Bertz CT molecular complexity index is 536. The topological polar surface area (TPSA) is 107 Å². The number of hydrogen-bond donors (Lipinski definition) is 2. The molecule has 1 unspecified atom stereocenters. The van der Waals surface area contributed by atoms with Gasteiger partial charge in [0.05, 0.1) is 23.8 Å². The number of nitro groups is 1. The molecule has 0 radical (unpaired) electrons. The Labute approximate surface area is 109 Å². The summed E-state index contributed by atoms with van der Waals surface area (Å²) in [5.41, 5.74) is 5.55. The van der Waals surface area contributed by atoms with E-state index < -0.39 is 16.9 Å². The van der Waals surface area contributed by atoms with Crippen LogP contribution in [-0.2, 0) is 4.79 Å². The van der Waals surface area contributed by atoms with Crippen LogP contribution in [-0.4, -0.2) is 24.0 Å². The van der Waals surface area contributed by atoms with Crippen molar-refractivity contribution in [3.8, 4) is 18.1 Å². The number of anilines is 1. The number of amides is 1. The van der Waals surface area contributed by atoms with Gasteiger partial charge in [-0.15, -0.1) is 12.3 Å². The van der Waals surface area contributed by atoms with E-state index in [2.05, 4.69) is 11.2 Å². The summed E-state index contributed by atoms with van der Waals surface area (Å²) >= 11 is 0. The zero-order valence-corrected chi connectivity index (χ0v) is 10.3. The molecule has 1 amide bonds. The number of terminal acetylenes is 1. The summed E-state index contributed by atoms with van der Waals surface area (Å²) in [7, 11) is 1.39. The van der Waals surface area contributed by atoms with Crippen LogP contribution >= 0.6 is 0 Å². The summed E-state index contributed by atoms with van der Waals surface area (Å²) in [5.74, 6) is 2.03. The smallest absolute Gasteiger partial charge is 0.271 e. The number of hydrogen-bond acceptors (Lipinski definition) is 5. The standard InChI is InChI=1S/C12H13N3O4/c1-3-4-9(13)12(16)14-10-7-8(15(17)18)5-6-11(10)19-2/h1,5-7,9H,4,13H2,2H3,(H,14,16). The van der Waals surface area contributed by atoms with Gasteiger partial charge in [-0.05, 0) is 6.07 Å². The van der Waals surface area contributed by atoms with E-state index in [4.69, 9.17) is 16.9 Å². The number of ether oxygens (including phenoxy) is 1. The summed E-state index contributed by atoms with van der Waals surface area (Å²) in [5, 5.41) is 13.1. The fourth-order valence-corrected chi connectivity index (χ4v) is 1.35. The minimum atomic E-state index is -0.881. The maximum atomic E-state index is 11.7. The second-order valence-electron chi connectivity index (χ2n) is 3.65. The first kappa shape index (κ1) is 14.5. The van der Waals surface area contributed by atoms with Crippen LogP contribution in [0.1, 0.15) is 6.42 Å². The highest BCUT2D eigenvalue weighted by atomic mass is 16.6. The van der Waals surface area contributed by atoms with Crippen LogP contribution in [0.2, 0.25) is 0 Å². The monoisotopic (exact) mass is 263 g/mol. The van der Waals surface area contributed by atoms with Crippen molar-refractivity contribution in [1.82, 2.24) is 0 Å². The van der Waals surface area contributed by atoms with Crippen LogP contribution in [0, 0.1) is 22.5 Å². The molecule has 1 atom stereocenters. The van der Waals surface area contributed by atoms with E-state index in [1.54, 1.807) is 0 Å². The maximum Gasteiger partial charge on any atom is 0.271 e. The van der Waals surface area contributed by atoms with Crippen LogP contribution in [0.5, 0.6) is 5.75 Å². The molecule has 0 heterocycles. The number of non-ortho nitro benzene ring substituents is 1. The maximum absolute atomic E-state index is 11.7. The van der Waals surface area contributed by atoms with E-state index >= 15 is 0 Å². The van der Waals surface area contributed by atoms with Gasteiger partial charge in [0.1, 0.15) is 5.75 Å². The lowest BCUT2D eigenvalue weighted by Gasteiger charge is -2.12. The summed E-state index contributed by atoms with van der Waals surface area (Å²) < 4.78 is 5.00. The number of nitrogens with two attached hydrogens (primary N) is 1. The molecule has 0 saturated heterocycles. The van der Waals surface area contributed by atoms with Crippen LogP contribution in [0.3, 0.4) is 0 Å². The molecule has 0 saturated carbocycles. The molecule has 1 rings (SSSR count). The van der Waals surface area contributed by atoms with Crippen molar-refractivity contribution < 1.29 is 14.5 Å². The second kappa shape index (κ2) is 6.37. The number of methoxy groups -OCH3 is 1. The highest BCUT2D eigenvalue weighted by molar-refractivity contribution is 5.96. The molecule has 0 aromatic heterocycles. The average Bonchev–Trinajstić information content (AvgIpc) is 2.38. The fourth-order valence-electron chi connectivity index (χ4n) is 1.35. The molecule has 1 aromatic carbocycles. The zero-order chi connectivity index (χ0) is 14.4. The van der Waals surface area contributed by atoms with Gasteiger partial charge in [0.25, 0.3) is 5.69 Å². The third-order valence-corrected chi connectivity index (χ3v) is 2.33. The van der Waals surface area contributed by atoms with E-state index in [0.717, 1.165) is 0 Å². The second-order valence-corrected chi connectivity index (χ2v) is 3.65. The first-order valence-corrected chi connectivity index (χ1v) is 5.32. The van der Waals surface area contributed by atoms with Crippen molar-refractivity contribution in [3.05, 3.63) is 28.3 Å². The van der Waals surface area contributed by atoms with Gasteiger partial charge in [-0.2, -0.15) is 0 Å². The number of rotatable bonds is 5. The first-order valence-electron chi connectivity index (χ1n) is 5.32. The predicted octanol–water partition coefficient (Wildman–Crippen LogP) is 0.892. The molecular formula is C12H13N3O4. The van der Waals surface area contributed by atoms with Gasteiger partial charge in [-0.25, -0.2) is 0 Å². The van der Waals surface area contributed by atoms with Crippen LogP contribution in [0.15, 0.2) is 18.2 Å². The van der Waals surface area contributed by atoms with Gasteiger partial charge >= 0.3 is 0 Å². The third kappa shape index (κ3) is 3.69. The number of benzene rings is 1. The number of nitro benzene ring substituents is 1. The molecule has 100 valence electrons. The Hall–Kier alpha value is -2.59. The van der Waals surface area contributed by atoms with Gasteiger partial charge in [-0.1, -0.05) is 0 Å². The van der Waals surface area contributed by atoms with Gasteiger partial charge in [0.15, 0.2) is 0 Å². The molecular weight excluding hydrogens is 250 g/mol. The summed E-state index contributed by atoms with van der Waals surface area (Å²) in [6.07, 6.45) is 5.13. The Balaban J connectivity index is 2.98. The minimum Gasteiger partial charge on any atom is -0.495 e. The van der Waals surface area contributed by atoms with Gasteiger partial charge in [-0.3, -0.25) is 14.9 Å². The molecule has 1 aromatic rings. The Kier molecular flexibility index (Phi) is 4.85. The van der Waals surface area contributed by atoms with Gasteiger partial charge < -0.3 is 15.8 Å². The molecule has 0 fully saturated rings. The highest BCUT2D eigenvalue weighted by Crippen LogP contribution is 2.28. The predicted molar refractivity (Wildman–Crippen MR) is 69.7 cm³/mol. The summed E-state index contributed by atoms with van der Waals surface area (Å²) in [4.78, 5) is 21.8. The Morgan fingerprint density at radius 2 is 2.37 bits per heavy atom. The lowest BCUT2D eigenvalue weighted by atomic mass is 10.2. The van der Waals surface area contributed by atoms with Crippen molar-refractivity contribution in [2.75, 3.05) is 12.4 Å². The van der Waals surface area contributed by atoms with E-state index in [1.807, 2.05) is 0 Å². The lowest BCUT2D eigenvalue weighted by Crippen LogP contribution is -2.35. The zero-order valence-electron chi connectivity index (χ0n) is 10.3. The SMILES string of the molecule is C#CCC(N)C(=O)Nc1cc([N+](=O)[O-])ccc1OC. The molecule has 0 aliphatic rings. The van der Waals surface area contributed by atoms with Crippen LogP contribution in [0.25, 0.3) is 0 Å². The molecule has 0 aliphatic heterocycles.